The molecule has 1 fully saturated rings. The van der Waals surface area contributed by atoms with Gasteiger partial charge in [0.05, 0.1) is 19.8 Å². The molecule has 1 aliphatic rings. The third-order valence-corrected chi connectivity index (χ3v) is 5.43. The highest BCUT2D eigenvalue weighted by atomic mass is 127. The van der Waals surface area contributed by atoms with Gasteiger partial charge in [-0.2, -0.15) is 0 Å². The summed E-state index contributed by atoms with van der Waals surface area (Å²) in [5.41, 5.74) is 3.30. The molecule has 1 amide bonds. The van der Waals surface area contributed by atoms with Gasteiger partial charge in [0, 0.05) is 38.7 Å². The number of aliphatic imine (C=N–C) groups is 1. The van der Waals surface area contributed by atoms with E-state index >= 15 is 0 Å². The van der Waals surface area contributed by atoms with Crippen molar-refractivity contribution < 1.29 is 14.3 Å². The molecule has 2 aromatic carbocycles. The van der Waals surface area contributed by atoms with Crippen LogP contribution in [0, 0.1) is 6.92 Å². The van der Waals surface area contributed by atoms with Gasteiger partial charge in [0.15, 0.2) is 5.96 Å². The Kier molecular flexibility index (Phi) is 11.5. The maximum Gasteiger partial charge on any atom is 0.242 e. The van der Waals surface area contributed by atoms with Gasteiger partial charge in [0.1, 0.15) is 11.9 Å². The summed E-state index contributed by atoms with van der Waals surface area (Å²) in [6.45, 7) is 7.38. The number of nitrogens with one attached hydrogen (secondary N) is 2. The van der Waals surface area contributed by atoms with Gasteiger partial charge in [0.25, 0.3) is 0 Å². The molecule has 0 bridgehead atoms. The van der Waals surface area contributed by atoms with Gasteiger partial charge in [-0.3, -0.25) is 9.79 Å². The second-order valence-electron chi connectivity index (χ2n) is 7.89. The topological polar surface area (TPSA) is 75.2 Å². The number of aryl methyl sites for hydroxylation is 1. The molecule has 0 spiro atoms. The summed E-state index contributed by atoms with van der Waals surface area (Å²) in [4.78, 5) is 18.8. The molecule has 1 unspecified atom stereocenters. The van der Waals surface area contributed by atoms with Crippen molar-refractivity contribution >= 4 is 35.8 Å². The molecule has 7 nitrogen and oxygen atoms in total. The molecule has 0 radical (unpaired) electrons. The third kappa shape index (κ3) is 8.51. The minimum atomic E-state index is 0. The van der Waals surface area contributed by atoms with E-state index in [2.05, 4.69) is 40.7 Å². The number of likely N-dealkylation sites (N-methyl/N-ethyl adjacent to an activating group) is 1. The minimum Gasteiger partial charge on any atom is -0.488 e. The molecule has 0 saturated carbocycles. The molecule has 180 valence electrons. The van der Waals surface area contributed by atoms with Gasteiger partial charge < -0.3 is 25.0 Å². The summed E-state index contributed by atoms with van der Waals surface area (Å²) in [7, 11) is 1.70. The van der Waals surface area contributed by atoms with Crippen LogP contribution in [0.1, 0.15) is 30.0 Å². The van der Waals surface area contributed by atoms with Crippen molar-refractivity contribution in [3.05, 3.63) is 65.2 Å². The summed E-state index contributed by atoms with van der Waals surface area (Å²) in [6.07, 6.45) is 0.999. The van der Waals surface area contributed by atoms with Crippen molar-refractivity contribution in [3.8, 4) is 5.75 Å². The third-order valence-electron chi connectivity index (χ3n) is 5.43. The van der Waals surface area contributed by atoms with Crippen molar-refractivity contribution in [2.24, 2.45) is 4.99 Å². The number of benzene rings is 2. The van der Waals surface area contributed by atoms with E-state index in [9.17, 15) is 4.79 Å². The second kappa shape index (κ2) is 14.0. The number of guanidine groups is 1. The Bertz CT molecular complexity index is 902. The first-order valence-electron chi connectivity index (χ1n) is 11.2. The van der Waals surface area contributed by atoms with Crippen molar-refractivity contribution in [2.45, 2.75) is 39.5 Å². The van der Waals surface area contributed by atoms with Gasteiger partial charge >= 0.3 is 0 Å². The zero-order chi connectivity index (χ0) is 22.8. The number of halogens is 1. The smallest absolute Gasteiger partial charge is 0.242 e. The van der Waals surface area contributed by atoms with E-state index in [4.69, 9.17) is 9.47 Å². The molecule has 8 heteroatoms. The van der Waals surface area contributed by atoms with Crippen LogP contribution < -0.4 is 15.4 Å². The molecular formula is C25H35IN4O3. The van der Waals surface area contributed by atoms with E-state index in [1.807, 2.05) is 42.2 Å². The molecule has 1 heterocycles. The molecule has 33 heavy (non-hydrogen) atoms. The lowest BCUT2D eigenvalue weighted by Gasteiger charge is -2.22. The molecular weight excluding hydrogens is 531 g/mol. The molecule has 1 saturated heterocycles. The second-order valence-corrected chi connectivity index (χ2v) is 7.89. The average Bonchev–Trinajstić information content (AvgIpc) is 3.32. The predicted molar refractivity (Wildman–Crippen MR) is 142 cm³/mol. The number of hydrogen-bond donors (Lipinski definition) is 2. The lowest BCUT2D eigenvalue weighted by atomic mass is 10.1. The van der Waals surface area contributed by atoms with E-state index < -0.39 is 0 Å². The molecule has 2 N–H and O–H groups in total. The van der Waals surface area contributed by atoms with Crippen LogP contribution in [0.2, 0.25) is 0 Å². The fourth-order valence-corrected chi connectivity index (χ4v) is 3.55. The van der Waals surface area contributed by atoms with Crippen LogP contribution in [0.4, 0.5) is 0 Å². The fraction of sp³-hybridized carbons (Fsp3) is 0.440. The highest BCUT2D eigenvalue weighted by molar-refractivity contribution is 14.0. The van der Waals surface area contributed by atoms with Gasteiger partial charge in [-0.15, -0.1) is 24.0 Å². The van der Waals surface area contributed by atoms with Crippen molar-refractivity contribution in [2.75, 3.05) is 33.4 Å². The van der Waals surface area contributed by atoms with Crippen LogP contribution in [-0.4, -0.2) is 56.2 Å². The van der Waals surface area contributed by atoms with Crippen LogP contribution in [0.25, 0.3) is 0 Å². The van der Waals surface area contributed by atoms with Crippen LogP contribution in [0.15, 0.2) is 53.5 Å². The van der Waals surface area contributed by atoms with Crippen molar-refractivity contribution in [1.29, 1.82) is 0 Å². The minimum absolute atomic E-state index is 0. The van der Waals surface area contributed by atoms with Crippen molar-refractivity contribution in [3.63, 3.8) is 0 Å². The number of ether oxygens (including phenoxy) is 2. The summed E-state index contributed by atoms with van der Waals surface area (Å²) >= 11 is 0. The fourth-order valence-electron chi connectivity index (χ4n) is 3.55. The summed E-state index contributed by atoms with van der Waals surface area (Å²) < 4.78 is 11.6. The van der Waals surface area contributed by atoms with Crippen LogP contribution in [0.3, 0.4) is 0 Å². The molecule has 3 rings (SSSR count). The number of hydrogen-bond acceptors (Lipinski definition) is 4. The highest BCUT2D eigenvalue weighted by Gasteiger charge is 2.19. The van der Waals surface area contributed by atoms with E-state index in [0.29, 0.717) is 32.2 Å². The Balaban J connectivity index is 0.00000385. The Hall–Kier alpha value is -2.33. The first-order valence-corrected chi connectivity index (χ1v) is 11.2. The number of carbonyl (C=O) groups is 1. The number of amides is 1. The molecule has 1 atom stereocenters. The zero-order valence-corrected chi connectivity index (χ0v) is 22.0. The largest absolute Gasteiger partial charge is 0.488 e. The molecule has 0 aromatic heterocycles. The van der Waals surface area contributed by atoms with Crippen molar-refractivity contribution in [1.82, 2.24) is 15.5 Å². The number of rotatable bonds is 9. The molecule has 1 aliphatic heterocycles. The van der Waals surface area contributed by atoms with Crippen LogP contribution in [-0.2, 0) is 22.6 Å². The Labute approximate surface area is 214 Å². The lowest BCUT2D eigenvalue weighted by Crippen LogP contribution is -2.44. The van der Waals surface area contributed by atoms with Crippen LogP contribution in [0.5, 0.6) is 5.75 Å². The first kappa shape index (κ1) is 26.9. The lowest BCUT2D eigenvalue weighted by molar-refractivity contribution is -0.130. The van der Waals surface area contributed by atoms with E-state index in [-0.39, 0.29) is 42.5 Å². The van der Waals surface area contributed by atoms with E-state index in [1.165, 1.54) is 0 Å². The first-order chi connectivity index (χ1) is 15.6. The molecule has 0 aliphatic carbocycles. The van der Waals surface area contributed by atoms with Gasteiger partial charge in [0.2, 0.25) is 5.91 Å². The Morgan fingerprint density at radius 3 is 2.67 bits per heavy atom. The van der Waals surface area contributed by atoms with Gasteiger partial charge in [-0.05, 0) is 31.0 Å². The Morgan fingerprint density at radius 1 is 1.21 bits per heavy atom. The average molecular weight is 566 g/mol. The SMILES string of the molecule is CCN(Cc1ccccc1)C(=O)CNC(=NC)NCc1ccc(C)cc1OC1CCOC1.I. The van der Waals surface area contributed by atoms with E-state index in [0.717, 1.165) is 35.5 Å². The Morgan fingerprint density at radius 2 is 2.00 bits per heavy atom. The maximum atomic E-state index is 12.7. The normalized spacial score (nSPS) is 15.5. The van der Waals surface area contributed by atoms with Gasteiger partial charge in [-0.25, -0.2) is 0 Å². The summed E-state index contributed by atoms with van der Waals surface area (Å²) in [6, 6.07) is 16.2. The van der Waals surface area contributed by atoms with Gasteiger partial charge in [-0.1, -0.05) is 42.5 Å². The summed E-state index contributed by atoms with van der Waals surface area (Å²) in [5, 5.41) is 6.42. The standard InChI is InChI=1S/C25H34N4O3.HI/c1-4-29(17-20-8-6-5-7-9-20)24(30)16-28-25(26-3)27-15-21-11-10-19(2)14-23(21)32-22-12-13-31-18-22;/h5-11,14,22H,4,12-13,15-18H2,1-3H3,(H2,26,27,28);1H. The number of carbonyl (C=O) groups excluding carboxylic acids is 1. The van der Waals surface area contributed by atoms with E-state index in [1.54, 1.807) is 7.05 Å². The zero-order valence-electron chi connectivity index (χ0n) is 19.7. The quantitative estimate of drug-likeness (QED) is 0.276. The molecule has 2 aromatic rings. The predicted octanol–water partition coefficient (Wildman–Crippen LogP) is 3.49. The highest BCUT2D eigenvalue weighted by Crippen LogP contribution is 2.23. The summed E-state index contributed by atoms with van der Waals surface area (Å²) in [5.74, 6) is 1.46. The maximum absolute atomic E-state index is 12.7. The monoisotopic (exact) mass is 566 g/mol. The van der Waals surface area contributed by atoms with Crippen LogP contribution >= 0.6 is 24.0 Å². The number of nitrogens with zero attached hydrogens (tertiary/aromatic N) is 2.